The molecule has 1 N–H and O–H groups in total. The Morgan fingerprint density at radius 3 is 2.51 bits per heavy atom. The molecular formula is C26H31N5O4. The molecule has 0 aliphatic rings. The lowest BCUT2D eigenvalue weighted by atomic mass is 10.1. The van der Waals surface area contributed by atoms with E-state index in [1.807, 2.05) is 52.0 Å². The number of amides is 2. The summed E-state index contributed by atoms with van der Waals surface area (Å²) >= 11 is 0. The van der Waals surface area contributed by atoms with Crippen molar-refractivity contribution in [2.24, 2.45) is 0 Å². The Bertz CT molecular complexity index is 1170. The van der Waals surface area contributed by atoms with Crippen molar-refractivity contribution in [2.45, 2.75) is 40.0 Å². The van der Waals surface area contributed by atoms with E-state index in [0.29, 0.717) is 30.2 Å². The maximum absolute atomic E-state index is 12.9. The summed E-state index contributed by atoms with van der Waals surface area (Å²) in [5.41, 5.74) is 2.54. The van der Waals surface area contributed by atoms with Gasteiger partial charge in [-0.25, -0.2) is 14.5 Å². The Morgan fingerprint density at radius 2 is 1.86 bits per heavy atom. The van der Waals surface area contributed by atoms with Gasteiger partial charge in [-0.15, -0.1) is 0 Å². The number of para-hydroxylation sites is 1. The zero-order chi connectivity index (χ0) is 25.4. The number of esters is 1. The van der Waals surface area contributed by atoms with Gasteiger partial charge in [0.15, 0.2) is 12.4 Å². The monoisotopic (exact) mass is 477 g/mol. The van der Waals surface area contributed by atoms with E-state index in [9.17, 15) is 14.4 Å². The maximum atomic E-state index is 12.9. The Hall–Kier alpha value is -4.01. The molecule has 0 fully saturated rings. The first kappa shape index (κ1) is 25.6. The van der Waals surface area contributed by atoms with Gasteiger partial charge in [-0.3, -0.25) is 9.59 Å². The average molecular weight is 478 g/mol. The van der Waals surface area contributed by atoms with Crippen LogP contribution < -0.4 is 5.32 Å². The second kappa shape index (κ2) is 11.9. The van der Waals surface area contributed by atoms with Gasteiger partial charge in [0.25, 0.3) is 5.91 Å². The van der Waals surface area contributed by atoms with Crippen LogP contribution in [0.25, 0.3) is 5.82 Å². The highest BCUT2D eigenvalue weighted by molar-refractivity contribution is 5.96. The second-order valence-electron chi connectivity index (χ2n) is 8.45. The van der Waals surface area contributed by atoms with Crippen molar-refractivity contribution >= 4 is 23.5 Å². The SMILES string of the molecule is CCCN(CC(=O)Nc1ccccc1C)C(=O)COC(=O)c1cnn(-c2ccccn2)c1C(C)C. The molecule has 0 saturated heterocycles. The molecule has 0 aliphatic heterocycles. The Morgan fingerprint density at radius 1 is 1.11 bits per heavy atom. The molecule has 184 valence electrons. The molecule has 3 aromatic rings. The third-order valence-electron chi connectivity index (χ3n) is 5.37. The summed E-state index contributed by atoms with van der Waals surface area (Å²) in [6, 6.07) is 12.8. The van der Waals surface area contributed by atoms with E-state index in [0.717, 1.165) is 5.56 Å². The maximum Gasteiger partial charge on any atom is 0.342 e. The predicted octanol–water partition coefficient (Wildman–Crippen LogP) is 3.73. The molecule has 0 radical (unpaired) electrons. The number of hydrogen-bond acceptors (Lipinski definition) is 6. The largest absolute Gasteiger partial charge is 0.452 e. The van der Waals surface area contributed by atoms with E-state index in [4.69, 9.17) is 4.74 Å². The summed E-state index contributed by atoms with van der Waals surface area (Å²) in [6.45, 7) is 7.45. The summed E-state index contributed by atoms with van der Waals surface area (Å²) < 4.78 is 6.94. The normalized spacial score (nSPS) is 10.8. The van der Waals surface area contributed by atoms with Crippen LogP contribution in [0.4, 0.5) is 5.69 Å². The molecule has 3 rings (SSSR count). The van der Waals surface area contributed by atoms with Crippen LogP contribution >= 0.6 is 0 Å². The van der Waals surface area contributed by atoms with Crippen molar-refractivity contribution in [3.8, 4) is 5.82 Å². The van der Waals surface area contributed by atoms with Gasteiger partial charge in [0.1, 0.15) is 5.56 Å². The number of anilines is 1. The van der Waals surface area contributed by atoms with Crippen LogP contribution in [-0.2, 0) is 14.3 Å². The lowest BCUT2D eigenvalue weighted by Gasteiger charge is -2.22. The van der Waals surface area contributed by atoms with Crippen LogP contribution in [0.3, 0.4) is 0 Å². The Labute approximate surface area is 205 Å². The van der Waals surface area contributed by atoms with Gasteiger partial charge in [-0.05, 0) is 43.0 Å². The fourth-order valence-corrected chi connectivity index (χ4v) is 3.67. The number of benzene rings is 1. The van der Waals surface area contributed by atoms with Crippen molar-refractivity contribution in [1.82, 2.24) is 19.7 Å². The molecule has 1 aromatic carbocycles. The number of hydrogen-bond donors (Lipinski definition) is 1. The summed E-state index contributed by atoms with van der Waals surface area (Å²) in [7, 11) is 0. The zero-order valence-corrected chi connectivity index (χ0v) is 20.5. The highest BCUT2D eigenvalue weighted by Crippen LogP contribution is 2.23. The Kier molecular flexibility index (Phi) is 8.72. The van der Waals surface area contributed by atoms with Crippen molar-refractivity contribution in [2.75, 3.05) is 25.0 Å². The first-order valence-electron chi connectivity index (χ1n) is 11.6. The molecule has 0 saturated carbocycles. The first-order chi connectivity index (χ1) is 16.8. The fraction of sp³-hybridized carbons (Fsp3) is 0.346. The minimum absolute atomic E-state index is 0.0421. The lowest BCUT2D eigenvalue weighted by molar-refractivity contribution is -0.137. The van der Waals surface area contributed by atoms with E-state index in [-0.39, 0.29) is 23.9 Å². The molecule has 0 atom stereocenters. The van der Waals surface area contributed by atoms with Gasteiger partial charge < -0.3 is 15.0 Å². The number of carbonyl (C=O) groups is 3. The van der Waals surface area contributed by atoms with E-state index in [2.05, 4.69) is 15.4 Å². The van der Waals surface area contributed by atoms with Crippen molar-refractivity contribution in [3.63, 3.8) is 0 Å². The summed E-state index contributed by atoms with van der Waals surface area (Å²) in [6.07, 6.45) is 3.73. The van der Waals surface area contributed by atoms with Gasteiger partial charge in [0.2, 0.25) is 5.91 Å². The number of aryl methyl sites for hydroxylation is 1. The first-order valence-corrected chi connectivity index (χ1v) is 11.6. The number of nitrogens with one attached hydrogen (secondary N) is 1. The molecule has 0 aliphatic carbocycles. The molecule has 0 unspecified atom stereocenters. The number of nitrogens with zero attached hydrogens (tertiary/aromatic N) is 4. The lowest BCUT2D eigenvalue weighted by Crippen LogP contribution is -2.40. The topological polar surface area (TPSA) is 106 Å². The van der Waals surface area contributed by atoms with Gasteiger partial charge in [0, 0.05) is 18.4 Å². The van der Waals surface area contributed by atoms with Crippen molar-refractivity contribution in [3.05, 3.63) is 71.7 Å². The third kappa shape index (κ3) is 6.53. The molecular weight excluding hydrogens is 446 g/mol. The Balaban J connectivity index is 1.66. The number of aromatic nitrogens is 3. The van der Waals surface area contributed by atoms with Crippen LogP contribution in [0.5, 0.6) is 0 Å². The van der Waals surface area contributed by atoms with Crippen LogP contribution in [0, 0.1) is 6.92 Å². The summed E-state index contributed by atoms with van der Waals surface area (Å²) in [4.78, 5) is 43.9. The minimum Gasteiger partial charge on any atom is -0.452 e. The van der Waals surface area contributed by atoms with E-state index < -0.39 is 18.5 Å². The second-order valence-corrected chi connectivity index (χ2v) is 8.45. The number of ether oxygens (including phenoxy) is 1. The fourth-order valence-electron chi connectivity index (χ4n) is 3.67. The molecule has 2 aromatic heterocycles. The van der Waals surface area contributed by atoms with Gasteiger partial charge in [-0.2, -0.15) is 5.10 Å². The quantitative estimate of drug-likeness (QED) is 0.446. The van der Waals surface area contributed by atoms with Crippen LogP contribution in [0.1, 0.15) is 54.7 Å². The average Bonchev–Trinajstić information content (AvgIpc) is 3.30. The number of rotatable bonds is 10. The van der Waals surface area contributed by atoms with Gasteiger partial charge in [0.05, 0.1) is 18.4 Å². The number of carbonyl (C=O) groups excluding carboxylic acids is 3. The van der Waals surface area contributed by atoms with Crippen molar-refractivity contribution in [1.29, 1.82) is 0 Å². The van der Waals surface area contributed by atoms with Gasteiger partial charge in [-0.1, -0.05) is 45.0 Å². The number of pyridine rings is 1. The highest BCUT2D eigenvalue weighted by atomic mass is 16.5. The molecule has 9 heteroatoms. The molecule has 9 nitrogen and oxygen atoms in total. The van der Waals surface area contributed by atoms with E-state index in [1.165, 1.54) is 11.1 Å². The minimum atomic E-state index is -0.648. The molecule has 2 amide bonds. The smallest absolute Gasteiger partial charge is 0.342 e. The molecule has 35 heavy (non-hydrogen) atoms. The highest BCUT2D eigenvalue weighted by Gasteiger charge is 2.24. The molecule has 0 spiro atoms. The van der Waals surface area contributed by atoms with E-state index >= 15 is 0 Å². The van der Waals surface area contributed by atoms with Gasteiger partial charge >= 0.3 is 5.97 Å². The van der Waals surface area contributed by atoms with Crippen LogP contribution in [0.15, 0.2) is 54.9 Å². The summed E-state index contributed by atoms with van der Waals surface area (Å²) in [5.74, 6) is -0.862. The van der Waals surface area contributed by atoms with Crippen LogP contribution in [-0.4, -0.2) is 57.1 Å². The third-order valence-corrected chi connectivity index (χ3v) is 5.37. The molecule has 0 bridgehead atoms. The predicted molar refractivity (Wildman–Crippen MR) is 132 cm³/mol. The molecule has 2 heterocycles. The zero-order valence-electron chi connectivity index (χ0n) is 20.5. The standard InChI is InChI=1S/C26H31N5O4/c1-5-14-30(16-23(32)29-21-11-7-6-10-19(21)4)24(33)17-35-26(34)20-15-28-31(25(20)18(2)3)22-12-8-9-13-27-22/h6-13,15,18H,5,14,16-17H2,1-4H3,(H,29,32). The van der Waals surface area contributed by atoms with Crippen molar-refractivity contribution < 1.29 is 19.1 Å². The summed E-state index contributed by atoms with van der Waals surface area (Å²) in [5, 5.41) is 7.14. The van der Waals surface area contributed by atoms with E-state index in [1.54, 1.807) is 29.1 Å². The van der Waals surface area contributed by atoms with Crippen LogP contribution in [0.2, 0.25) is 0 Å².